The number of hydrogen-bond acceptors (Lipinski definition) is 2. The summed E-state index contributed by atoms with van der Waals surface area (Å²) >= 11 is 3.32. The Kier molecular flexibility index (Phi) is 2.27. The van der Waals surface area contributed by atoms with Gasteiger partial charge in [-0.15, -0.1) is 0 Å². The highest BCUT2D eigenvalue weighted by Gasteiger charge is 2.28. The third-order valence-electron chi connectivity index (χ3n) is 2.24. The van der Waals surface area contributed by atoms with Crippen LogP contribution in [0.25, 0.3) is 10.4 Å². The number of rotatable bonds is 1. The smallest absolute Gasteiger partial charge is 0.163 e. The van der Waals surface area contributed by atoms with Crippen molar-refractivity contribution < 1.29 is 4.79 Å². The van der Waals surface area contributed by atoms with Crippen LogP contribution in [-0.4, -0.2) is 5.78 Å². The van der Waals surface area contributed by atoms with Crippen molar-refractivity contribution in [3.63, 3.8) is 0 Å². The first-order chi connectivity index (χ1) is 6.72. The Morgan fingerprint density at radius 1 is 1.57 bits per heavy atom. The first-order valence-electron chi connectivity index (χ1n) is 4.09. The first-order valence-corrected chi connectivity index (χ1v) is 4.88. The van der Waals surface area contributed by atoms with E-state index in [0.717, 1.165) is 10.0 Å². The predicted molar refractivity (Wildman–Crippen MR) is 55.0 cm³/mol. The van der Waals surface area contributed by atoms with Crippen molar-refractivity contribution in [1.82, 2.24) is 0 Å². The van der Waals surface area contributed by atoms with Gasteiger partial charge in [0.1, 0.15) is 0 Å². The lowest BCUT2D eigenvalue weighted by molar-refractivity contribution is 0.0989. The van der Waals surface area contributed by atoms with Crippen LogP contribution < -0.4 is 0 Å². The highest BCUT2D eigenvalue weighted by Crippen LogP contribution is 2.35. The third-order valence-corrected chi connectivity index (χ3v) is 2.74. The molecule has 0 aliphatic heterocycles. The average molecular weight is 252 g/mol. The maximum Gasteiger partial charge on any atom is 0.163 e. The number of azide groups is 1. The lowest BCUT2D eigenvalue weighted by Crippen LogP contribution is -1.89. The zero-order valence-corrected chi connectivity index (χ0v) is 8.73. The van der Waals surface area contributed by atoms with Gasteiger partial charge in [0.2, 0.25) is 0 Å². The van der Waals surface area contributed by atoms with E-state index in [9.17, 15) is 4.79 Å². The summed E-state index contributed by atoms with van der Waals surface area (Å²) in [5, 5.41) is 3.60. The van der Waals surface area contributed by atoms with E-state index < -0.39 is 0 Å². The number of nitrogens with zero attached hydrogens (tertiary/aromatic N) is 3. The van der Waals surface area contributed by atoms with Gasteiger partial charge in [0.15, 0.2) is 5.78 Å². The molecule has 0 saturated carbocycles. The quantitative estimate of drug-likeness (QED) is 0.429. The monoisotopic (exact) mass is 251 g/mol. The molecule has 0 amide bonds. The van der Waals surface area contributed by atoms with E-state index in [4.69, 9.17) is 5.53 Å². The number of halogens is 1. The average Bonchev–Trinajstić information content (AvgIpc) is 2.44. The van der Waals surface area contributed by atoms with Gasteiger partial charge in [-0.05, 0) is 23.2 Å². The molecular formula is C9H6BrN3O. The lowest BCUT2D eigenvalue weighted by Gasteiger charge is -2.02. The highest BCUT2D eigenvalue weighted by molar-refractivity contribution is 9.10. The molecule has 4 nitrogen and oxygen atoms in total. The van der Waals surface area contributed by atoms with Crippen molar-refractivity contribution in [1.29, 1.82) is 0 Å². The molecule has 70 valence electrons. The molecule has 0 aromatic heterocycles. The van der Waals surface area contributed by atoms with Crippen LogP contribution in [0.2, 0.25) is 0 Å². The standard InChI is InChI=1S/C9H6BrN3O/c10-5-1-2-6-7(3-5)8(12-13-11)4-9(6)14/h1-3,8H,4H2. The Morgan fingerprint density at radius 3 is 3.07 bits per heavy atom. The van der Waals surface area contributed by atoms with Gasteiger partial charge in [-0.3, -0.25) is 4.79 Å². The lowest BCUT2D eigenvalue weighted by atomic mass is 10.1. The maximum atomic E-state index is 11.5. The Hall–Kier alpha value is -1.32. The summed E-state index contributed by atoms with van der Waals surface area (Å²) in [6.45, 7) is 0. The summed E-state index contributed by atoms with van der Waals surface area (Å²) in [7, 11) is 0. The molecule has 0 radical (unpaired) electrons. The van der Waals surface area contributed by atoms with Gasteiger partial charge >= 0.3 is 0 Å². The minimum Gasteiger partial charge on any atom is -0.294 e. The molecule has 0 heterocycles. The second kappa shape index (κ2) is 3.44. The molecule has 0 fully saturated rings. The molecule has 1 aliphatic rings. The molecule has 1 aromatic carbocycles. The van der Waals surface area contributed by atoms with Crippen LogP contribution >= 0.6 is 15.9 Å². The van der Waals surface area contributed by atoms with Crippen LogP contribution in [0.3, 0.4) is 0 Å². The van der Waals surface area contributed by atoms with E-state index in [0.29, 0.717) is 5.56 Å². The minimum atomic E-state index is -0.333. The van der Waals surface area contributed by atoms with Crippen LogP contribution in [0.15, 0.2) is 27.8 Å². The predicted octanol–water partition coefficient (Wildman–Crippen LogP) is 3.39. The van der Waals surface area contributed by atoms with Gasteiger partial charge < -0.3 is 0 Å². The fourth-order valence-corrected chi connectivity index (χ4v) is 2.00. The van der Waals surface area contributed by atoms with Gasteiger partial charge in [0, 0.05) is 21.4 Å². The molecule has 0 spiro atoms. The molecular weight excluding hydrogens is 246 g/mol. The second-order valence-corrected chi connectivity index (χ2v) is 4.00. The van der Waals surface area contributed by atoms with E-state index in [-0.39, 0.29) is 18.2 Å². The SMILES string of the molecule is [N-]=[N+]=NC1CC(=O)c2ccc(Br)cc21. The largest absolute Gasteiger partial charge is 0.294 e. The summed E-state index contributed by atoms with van der Waals surface area (Å²) < 4.78 is 0.893. The van der Waals surface area contributed by atoms with Crippen molar-refractivity contribution in [3.8, 4) is 0 Å². The molecule has 1 atom stereocenters. The zero-order chi connectivity index (χ0) is 10.1. The summed E-state index contributed by atoms with van der Waals surface area (Å²) in [6, 6.07) is 5.07. The molecule has 0 bridgehead atoms. The van der Waals surface area contributed by atoms with Crippen molar-refractivity contribution >= 4 is 21.7 Å². The van der Waals surface area contributed by atoms with Gasteiger partial charge in [-0.2, -0.15) is 0 Å². The van der Waals surface area contributed by atoms with Gasteiger partial charge in [-0.25, -0.2) is 0 Å². The summed E-state index contributed by atoms with van der Waals surface area (Å²) in [5.41, 5.74) is 9.84. The van der Waals surface area contributed by atoms with E-state index in [1.807, 2.05) is 12.1 Å². The molecule has 0 saturated heterocycles. The van der Waals surface area contributed by atoms with Crippen molar-refractivity contribution in [2.45, 2.75) is 12.5 Å². The number of carbonyl (C=O) groups excluding carboxylic acids is 1. The van der Waals surface area contributed by atoms with Gasteiger partial charge in [0.25, 0.3) is 0 Å². The minimum absolute atomic E-state index is 0.0462. The Balaban J connectivity index is 2.56. The molecule has 1 aromatic rings. The number of benzene rings is 1. The van der Waals surface area contributed by atoms with E-state index in [1.165, 1.54) is 0 Å². The molecule has 1 unspecified atom stereocenters. The fraction of sp³-hybridized carbons (Fsp3) is 0.222. The Morgan fingerprint density at radius 2 is 2.36 bits per heavy atom. The maximum absolute atomic E-state index is 11.5. The number of hydrogen-bond donors (Lipinski definition) is 0. The summed E-state index contributed by atoms with van der Waals surface area (Å²) in [6.07, 6.45) is 0.288. The number of carbonyl (C=O) groups is 1. The molecule has 14 heavy (non-hydrogen) atoms. The highest BCUT2D eigenvalue weighted by atomic mass is 79.9. The number of ketones is 1. The van der Waals surface area contributed by atoms with Crippen LogP contribution in [0.5, 0.6) is 0 Å². The molecule has 1 aliphatic carbocycles. The van der Waals surface area contributed by atoms with Crippen LogP contribution in [0.1, 0.15) is 28.4 Å². The second-order valence-electron chi connectivity index (χ2n) is 3.08. The zero-order valence-electron chi connectivity index (χ0n) is 7.14. The number of fused-ring (bicyclic) bond motifs is 1. The normalized spacial score (nSPS) is 18.9. The van der Waals surface area contributed by atoms with E-state index >= 15 is 0 Å². The summed E-state index contributed by atoms with van der Waals surface area (Å²) in [5.74, 6) is 0.0462. The molecule has 0 N–H and O–H groups in total. The van der Waals surface area contributed by atoms with Gasteiger partial charge in [-0.1, -0.05) is 27.1 Å². The van der Waals surface area contributed by atoms with Gasteiger partial charge in [0.05, 0.1) is 6.04 Å². The van der Waals surface area contributed by atoms with Crippen molar-refractivity contribution in [3.05, 3.63) is 44.2 Å². The Bertz CT molecular complexity index is 451. The van der Waals surface area contributed by atoms with E-state index in [2.05, 4.69) is 26.0 Å². The number of Topliss-reactive ketones (excluding diaryl/α,β-unsaturated/α-hetero) is 1. The Labute approximate surface area is 88.7 Å². The third kappa shape index (κ3) is 1.41. The van der Waals surface area contributed by atoms with Crippen LogP contribution in [0.4, 0.5) is 0 Å². The molecule has 2 rings (SSSR count). The van der Waals surface area contributed by atoms with Crippen LogP contribution in [0, 0.1) is 0 Å². The van der Waals surface area contributed by atoms with Crippen LogP contribution in [-0.2, 0) is 0 Å². The fourth-order valence-electron chi connectivity index (χ4n) is 1.62. The van der Waals surface area contributed by atoms with Crippen molar-refractivity contribution in [2.75, 3.05) is 0 Å². The molecule has 5 heteroatoms. The van der Waals surface area contributed by atoms with E-state index in [1.54, 1.807) is 6.07 Å². The topological polar surface area (TPSA) is 65.8 Å². The summed E-state index contributed by atoms with van der Waals surface area (Å²) in [4.78, 5) is 14.2. The van der Waals surface area contributed by atoms with Crippen molar-refractivity contribution in [2.24, 2.45) is 5.11 Å². The first kappa shape index (κ1) is 9.24.